The number of amides is 1. The van der Waals surface area contributed by atoms with Crippen molar-refractivity contribution < 1.29 is 9.90 Å². The highest BCUT2D eigenvalue weighted by Gasteiger charge is 2.28. The number of rotatable bonds is 2. The van der Waals surface area contributed by atoms with Crippen LogP contribution in [0.15, 0.2) is 23.6 Å². The molecule has 2 atom stereocenters. The van der Waals surface area contributed by atoms with Gasteiger partial charge >= 0.3 is 0 Å². The van der Waals surface area contributed by atoms with Crippen LogP contribution in [-0.4, -0.2) is 45.3 Å². The predicted octanol–water partition coefficient (Wildman–Crippen LogP) is 1.98. The summed E-state index contributed by atoms with van der Waals surface area (Å²) >= 11 is 1.60. The van der Waals surface area contributed by atoms with Crippen LogP contribution in [0.25, 0.3) is 10.6 Å². The van der Waals surface area contributed by atoms with Crippen LogP contribution < -0.4 is 0 Å². The summed E-state index contributed by atoms with van der Waals surface area (Å²) < 4.78 is 0. The zero-order chi connectivity index (χ0) is 14.1. The summed E-state index contributed by atoms with van der Waals surface area (Å²) in [5, 5.41) is 18.9. The Bertz CT molecular complexity index is 593. The number of thiophene rings is 1. The molecule has 3 rings (SSSR count). The number of piperidine rings is 1. The quantitative estimate of drug-likeness (QED) is 0.889. The molecule has 2 unspecified atom stereocenters. The summed E-state index contributed by atoms with van der Waals surface area (Å²) in [7, 11) is 0. The highest BCUT2D eigenvalue weighted by Crippen LogP contribution is 2.24. The fraction of sp³-hybridized carbons (Fsp3) is 0.429. The van der Waals surface area contributed by atoms with Gasteiger partial charge in [-0.05, 0) is 29.9 Å². The topological polar surface area (TPSA) is 69.2 Å². The van der Waals surface area contributed by atoms with Crippen molar-refractivity contribution in [2.24, 2.45) is 5.92 Å². The predicted molar refractivity (Wildman–Crippen MR) is 77.6 cm³/mol. The zero-order valence-electron chi connectivity index (χ0n) is 11.2. The lowest BCUT2D eigenvalue weighted by molar-refractivity contribution is 0.0245. The molecule has 0 aromatic carbocycles. The van der Waals surface area contributed by atoms with E-state index in [0.717, 1.165) is 17.0 Å². The molecule has 1 amide bonds. The van der Waals surface area contributed by atoms with Crippen LogP contribution in [0.5, 0.6) is 0 Å². The molecule has 0 aliphatic carbocycles. The van der Waals surface area contributed by atoms with Gasteiger partial charge in [-0.2, -0.15) is 5.10 Å². The van der Waals surface area contributed by atoms with Crippen molar-refractivity contribution in [1.82, 2.24) is 15.1 Å². The minimum Gasteiger partial charge on any atom is -0.391 e. The summed E-state index contributed by atoms with van der Waals surface area (Å²) in [6.45, 7) is 3.08. The van der Waals surface area contributed by atoms with Crippen molar-refractivity contribution in [3.05, 3.63) is 29.3 Å². The summed E-state index contributed by atoms with van der Waals surface area (Å²) in [5.41, 5.74) is 1.27. The molecule has 2 aromatic rings. The number of carbonyl (C=O) groups is 1. The van der Waals surface area contributed by atoms with Gasteiger partial charge in [-0.15, -0.1) is 11.3 Å². The Morgan fingerprint density at radius 2 is 2.45 bits per heavy atom. The first kappa shape index (κ1) is 13.3. The third-order valence-electron chi connectivity index (χ3n) is 3.79. The van der Waals surface area contributed by atoms with Crippen molar-refractivity contribution in [2.75, 3.05) is 13.1 Å². The van der Waals surface area contributed by atoms with Gasteiger partial charge in [0.1, 0.15) is 0 Å². The molecule has 106 valence electrons. The number of carbonyl (C=O) groups excluding carboxylic acids is 1. The molecule has 3 heterocycles. The Hall–Kier alpha value is -1.66. The van der Waals surface area contributed by atoms with Gasteiger partial charge in [-0.1, -0.05) is 13.0 Å². The molecular weight excluding hydrogens is 274 g/mol. The molecule has 5 nitrogen and oxygen atoms in total. The van der Waals surface area contributed by atoms with E-state index in [9.17, 15) is 9.90 Å². The maximum absolute atomic E-state index is 12.4. The number of aliphatic hydroxyl groups is 1. The minimum atomic E-state index is -0.441. The highest BCUT2D eigenvalue weighted by atomic mass is 32.1. The van der Waals surface area contributed by atoms with Crippen LogP contribution in [0, 0.1) is 5.92 Å². The van der Waals surface area contributed by atoms with Crippen molar-refractivity contribution in [2.45, 2.75) is 19.4 Å². The number of aromatic nitrogens is 2. The molecule has 2 aromatic heterocycles. The number of likely N-dealkylation sites (tertiary alicyclic amines) is 1. The summed E-state index contributed by atoms with van der Waals surface area (Å²) in [4.78, 5) is 15.1. The number of aliphatic hydroxyl groups excluding tert-OH is 1. The van der Waals surface area contributed by atoms with Gasteiger partial charge in [0.15, 0.2) is 5.69 Å². The Labute approximate surface area is 121 Å². The lowest BCUT2D eigenvalue weighted by atomic mass is 9.96. The lowest BCUT2D eigenvalue weighted by Crippen LogP contribution is -2.45. The van der Waals surface area contributed by atoms with Gasteiger partial charge < -0.3 is 10.0 Å². The zero-order valence-corrected chi connectivity index (χ0v) is 12.1. The third kappa shape index (κ3) is 2.48. The van der Waals surface area contributed by atoms with Crippen molar-refractivity contribution >= 4 is 17.2 Å². The van der Waals surface area contributed by atoms with Gasteiger partial charge in [0, 0.05) is 13.1 Å². The maximum atomic E-state index is 12.4. The summed E-state index contributed by atoms with van der Waals surface area (Å²) in [6.07, 6.45) is 0.387. The normalized spacial score (nSPS) is 23.0. The van der Waals surface area contributed by atoms with Crippen LogP contribution in [0.2, 0.25) is 0 Å². The maximum Gasteiger partial charge on any atom is 0.274 e. The minimum absolute atomic E-state index is 0.116. The molecule has 6 heteroatoms. The van der Waals surface area contributed by atoms with E-state index in [2.05, 4.69) is 10.2 Å². The second-order valence-corrected chi connectivity index (χ2v) is 6.18. The van der Waals surface area contributed by atoms with Gasteiger partial charge in [-0.3, -0.25) is 9.89 Å². The fourth-order valence-electron chi connectivity index (χ4n) is 2.38. The van der Waals surface area contributed by atoms with Gasteiger partial charge in [-0.25, -0.2) is 0 Å². The van der Waals surface area contributed by atoms with E-state index in [-0.39, 0.29) is 11.8 Å². The molecular formula is C14H17N3O2S. The number of nitrogens with zero attached hydrogens (tertiary/aromatic N) is 2. The number of hydrogen-bond acceptors (Lipinski definition) is 4. The number of hydrogen-bond donors (Lipinski definition) is 2. The highest BCUT2D eigenvalue weighted by molar-refractivity contribution is 7.13. The van der Waals surface area contributed by atoms with Crippen molar-refractivity contribution in [3.63, 3.8) is 0 Å². The number of aromatic amines is 1. The number of H-pyrrole nitrogens is 1. The van der Waals surface area contributed by atoms with E-state index in [1.165, 1.54) is 0 Å². The smallest absolute Gasteiger partial charge is 0.274 e. The molecule has 0 spiro atoms. The average Bonchev–Trinajstić information content (AvgIpc) is 3.11. The van der Waals surface area contributed by atoms with E-state index in [0.29, 0.717) is 18.8 Å². The van der Waals surface area contributed by atoms with E-state index >= 15 is 0 Å². The first-order valence-corrected chi connectivity index (χ1v) is 7.59. The first-order chi connectivity index (χ1) is 9.65. The Morgan fingerprint density at radius 3 is 3.15 bits per heavy atom. The Morgan fingerprint density at radius 1 is 1.60 bits per heavy atom. The number of β-amino-alcohol motifs (C(OH)–C–C–N with tert-alkyl or cyclic N) is 1. The second-order valence-electron chi connectivity index (χ2n) is 5.23. The molecule has 0 bridgehead atoms. The standard InChI is InChI=1S/C14H17N3O2S/c1-9-4-5-17(8-12(9)18)14(19)11-7-10(15-16-11)13-3-2-6-20-13/h2-3,6-7,9,12,18H,4-5,8H2,1H3,(H,15,16). The summed E-state index contributed by atoms with van der Waals surface area (Å²) in [6, 6.07) is 5.72. The van der Waals surface area contributed by atoms with E-state index in [1.807, 2.05) is 24.4 Å². The molecule has 2 N–H and O–H groups in total. The molecule has 0 radical (unpaired) electrons. The fourth-order valence-corrected chi connectivity index (χ4v) is 3.08. The number of nitrogens with one attached hydrogen (secondary N) is 1. The summed E-state index contributed by atoms with van der Waals surface area (Å²) in [5.74, 6) is 0.134. The van der Waals surface area contributed by atoms with Crippen LogP contribution in [-0.2, 0) is 0 Å². The van der Waals surface area contributed by atoms with Gasteiger partial charge in [0.05, 0.1) is 16.7 Å². The molecule has 1 saturated heterocycles. The van der Waals surface area contributed by atoms with Gasteiger partial charge in [0.25, 0.3) is 5.91 Å². The third-order valence-corrected chi connectivity index (χ3v) is 4.69. The molecule has 20 heavy (non-hydrogen) atoms. The average molecular weight is 291 g/mol. The second kappa shape index (κ2) is 5.38. The van der Waals surface area contributed by atoms with Crippen LogP contribution in [0.4, 0.5) is 0 Å². The van der Waals surface area contributed by atoms with Crippen LogP contribution >= 0.6 is 11.3 Å². The van der Waals surface area contributed by atoms with E-state index in [4.69, 9.17) is 0 Å². The van der Waals surface area contributed by atoms with Crippen molar-refractivity contribution in [1.29, 1.82) is 0 Å². The van der Waals surface area contributed by atoms with Crippen LogP contribution in [0.3, 0.4) is 0 Å². The lowest BCUT2D eigenvalue weighted by Gasteiger charge is -2.33. The van der Waals surface area contributed by atoms with Gasteiger partial charge in [0.2, 0.25) is 0 Å². The molecule has 0 saturated carbocycles. The van der Waals surface area contributed by atoms with Crippen LogP contribution in [0.1, 0.15) is 23.8 Å². The molecule has 1 fully saturated rings. The molecule has 1 aliphatic rings. The SMILES string of the molecule is CC1CCN(C(=O)c2cc(-c3cccs3)[nH]n2)CC1O. The monoisotopic (exact) mass is 291 g/mol. The largest absolute Gasteiger partial charge is 0.391 e. The Kier molecular flexibility index (Phi) is 3.58. The molecule has 1 aliphatic heterocycles. The van der Waals surface area contributed by atoms with E-state index < -0.39 is 6.10 Å². The first-order valence-electron chi connectivity index (χ1n) is 6.72. The van der Waals surface area contributed by atoms with Crippen molar-refractivity contribution in [3.8, 4) is 10.6 Å². The van der Waals surface area contributed by atoms with E-state index in [1.54, 1.807) is 22.3 Å². The Balaban J connectivity index is 1.75.